The van der Waals surface area contributed by atoms with E-state index in [2.05, 4.69) is 10.4 Å². The van der Waals surface area contributed by atoms with Gasteiger partial charge in [-0.1, -0.05) is 30.3 Å². The van der Waals surface area contributed by atoms with E-state index in [0.29, 0.717) is 25.3 Å². The summed E-state index contributed by atoms with van der Waals surface area (Å²) in [6, 6.07) is 18.0. The zero-order valence-electron chi connectivity index (χ0n) is 16.8. The average molecular weight is 425 g/mol. The van der Waals surface area contributed by atoms with Gasteiger partial charge in [-0.2, -0.15) is 9.40 Å². The lowest BCUT2D eigenvalue weighted by Gasteiger charge is -2.15. The third kappa shape index (κ3) is 4.15. The Kier molecular flexibility index (Phi) is 5.69. The molecule has 0 unspecified atom stereocenters. The summed E-state index contributed by atoms with van der Waals surface area (Å²) < 4.78 is 28.4. The molecule has 0 spiro atoms. The molecule has 156 valence electrons. The van der Waals surface area contributed by atoms with Gasteiger partial charge in [-0.3, -0.25) is 4.79 Å². The van der Waals surface area contributed by atoms with Crippen LogP contribution >= 0.6 is 0 Å². The number of benzene rings is 2. The molecule has 0 saturated carbocycles. The van der Waals surface area contributed by atoms with Crippen LogP contribution in [0.3, 0.4) is 0 Å². The van der Waals surface area contributed by atoms with Crippen LogP contribution in [0.4, 0.5) is 0 Å². The van der Waals surface area contributed by atoms with Crippen LogP contribution in [0, 0.1) is 6.92 Å². The first-order valence-corrected chi connectivity index (χ1v) is 11.4. The van der Waals surface area contributed by atoms with Crippen LogP contribution in [0.2, 0.25) is 0 Å². The largest absolute Gasteiger partial charge is 0.347 e. The van der Waals surface area contributed by atoms with Gasteiger partial charge in [0.25, 0.3) is 5.91 Å². The number of nitrogens with one attached hydrogen (secondary N) is 1. The second-order valence-electron chi connectivity index (χ2n) is 7.36. The van der Waals surface area contributed by atoms with E-state index in [1.54, 1.807) is 35.0 Å². The third-order valence-electron chi connectivity index (χ3n) is 5.20. The van der Waals surface area contributed by atoms with Crippen molar-refractivity contribution in [3.63, 3.8) is 0 Å². The number of aryl methyl sites for hydroxylation is 1. The highest BCUT2D eigenvalue weighted by atomic mass is 32.2. The molecule has 2 heterocycles. The Morgan fingerprint density at radius 1 is 1.03 bits per heavy atom. The van der Waals surface area contributed by atoms with Crippen LogP contribution in [-0.4, -0.2) is 41.5 Å². The van der Waals surface area contributed by atoms with E-state index in [1.165, 1.54) is 4.31 Å². The monoisotopic (exact) mass is 424 g/mol. The van der Waals surface area contributed by atoms with Crippen LogP contribution in [0.1, 0.15) is 34.6 Å². The molecule has 1 aromatic heterocycles. The topological polar surface area (TPSA) is 84.3 Å². The molecule has 1 saturated heterocycles. The summed E-state index contributed by atoms with van der Waals surface area (Å²) in [5.41, 5.74) is 2.92. The molecule has 30 heavy (non-hydrogen) atoms. The molecule has 0 aliphatic carbocycles. The summed E-state index contributed by atoms with van der Waals surface area (Å²) in [6.45, 7) is 3.35. The first-order chi connectivity index (χ1) is 14.4. The molecule has 0 bridgehead atoms. The second kappa shape index (κ2) is 8.41. The van der Waals surface area contributed by atoms with Crippen molar-refractivity contribution >= 4 is 15.9 Å². The lowest BCUT2D eigenvalue weighted by atomic mass is 10.2. The highest BCUT2D eigenvalue weighted by Gasteiger charge is 2.26. The van der Waals surface area contributed by atoms with Gasteiger partial charge in [0.15, 0.2) is 5.69 Å². The van der Waals surface area contributed by atoms with Gasteiger partial charge in [-0.25, -0.2) is 13.1 Å². The predicted octanol–water partition coefficient (Wildman–Crippen LogP) is 2.90. The van der Waals surface area contributed by atoms with Crippen molar-refractivity contribution in [2.45, 2.75) is 31.2 Å². The highest BCUT2D eigenvalue weighted by molar-refractivity contribution is 7.89. The summed E-state index contributed by atoms with van der Waals surface area (Å²) in [6.07, 6.45) is 1.81. The normalized spacial score (nSPS) is 14.7. The Bertz CT molecular complexity index is 1130. The van der Waals surface area contributed by atoms with Crippen LogP contribution < -0.4 is 5.32 Å². The number of nitrogens with zero attached hydrogens (tertiary/aromatic N) is 3. The molecule has 1 aliphatic heterocycles. The Morgan fingerprint density at radius 3 is 2.37 bits per heavy atom. The molecule has 1 aliphatic rings. The van der Waals surface area contributed by atoms with Crippen molar-refractivity contribution in [3.05, 3.63) is 77.6 Å². The Balaban J connectivity index is 1.41. The fourth-order valence-electron chi connectivity index (χ4n) is 3.55. The van der Waals surface area contributed by atoms with Crippen molar-refractivity contribution in [2.24, 2.45) is 0 Å². The van der Waals surface area contributed by atoms with Crippen LogP contribution in [0.25, 0.3) is 5.69 Å². The molecule has 1 N–H and O–H groups in total. The number of sulfonamides is 1. The Hall–Kier alpha value is -2.97. The number of carbonyl (C=O) groups excluding carboxylic acids is 1. The maximum atomic E-state index is 12.6. The number of amides is 1. The molecule has 3 aromatic rings. The van der Waals surface area contributed by atoms with E-state index in [0.717, 1.165) is 29.8 Å². The summed E-state index contributed by atoms with van der Waals surface area (Å²) in [4.78, 5) is 12.8. The Morgan fingerprint density at radius 2 is 1.70 bits per heavy atom. The summed E-state index contributed by atoms with van der Waals surface area (Å²) in [7, 11) is -3.42. The lowest BCUT2D eigenvalue weighted by molar-refractivity contribution is 0.0945. The molecule has 0 radical (unpaired) electrons. The predicted molar refractivity (Wildman–Crippen MR) is 114 cm³/mol. The minimum atomic E-state index is -3.42. The second-order valence-corrected chi connectivity index (χ2v) is 9.29. The van der Waals surface area contributed by atoms with Crippen molar-refractivity contribution < 1.29 is 13.2 Å². The van der Waals surface area contributed by atoms with Crippen molar-refractivity contribution in [3.8, 4) is 5.69 Å². The van der Waals surface area contributed by atoms with Crippen LogP contribution in [0.15, 0.2) is 65.6 Å². The molecule has 8 heteroatoms. The molecular weight excluding hydrogens is 400 g/mol. The van der Waals surface area contributed by atoms with Gasteiger partial charge in [0.2, 0.25) is 10.0 Å². The van der Waals surface area contributed by atoms with Gasteiger partial charge in [-0.05, 0) is 55.7 Å². The van der Waals surface area contributed by atoms with Gasteiger partial charge in [0.1, 0.15) is 0 Å². The van der Waals surface area contributed by atoms with E-state index in [4.69, 9.17) is 0 Å². The SMILES string of the molecule is Cc1cc(C(=O)NCc2ccc(S(=O)(=O)N3CCCC3)cc2)nn1-c1ccccc1. The van der Waals surface area contributed by atoms with Crippen LogP contribution in [-0.2, 0) is 16.6 Å². The zero-order valence-corrected chi connectivity index (χ0v) is 17.6. The van der Waals surface area contributed by atoms with E-state index >= 15 is 0 Å². The van der Waals surface area contributed by atoms with Gasteiger partial charge in [0.05, 0.1) is 10.6 Å². The van der Waals surface area contributed by atoms with Crippen molar-refractivity contribution in [1.29, 1.82) is 0 Å². The smallest absolute Gasteiger partial charge is 0.272 e. The number of para-hydroxylation sites is 1. The Labute approximate surface area is 176 Å². The molecule has 7 nitrogen and oxygen atoms in total. The number of rotatable bonds is 6. The van der Waals surface area contributed by atoms with Crippen LogP contribution in [0.5, 0.6) is 0 Å². The minimum Gasteiger partial charge on any atom is -0.347 e. The van der Waals surface area contributed by atoms with Gasteiger partial charge < -0.3 is 5.32 Å². The molecule has 4 rings (SSSR count). The average Bonchev–Trinajstić information content (AvgIpc) is 3.43. The first kappa shape index (κ1) is 20.3. The third-order valence-corrected chi connectivity index (χ3v) is 7.11. The molecule has 2 aromatic carbocycles. The van der Waals surface area contributed by atoms with Gasteiger partial charge in [0, 0.05) is 25.3 Å². The highest BCUT2D eigenvalue weighted by Crippen LogP contribution is 2.21. The molecule has 0 atom stereocenters. The summed E-state index contributed by atoms with van der Waals surface area (Å²) in [5, 5.41) is 7.25. The fraction of sp³-hybridized carbons (Fsp3) is 0.273. The van der Waals surface area contributed by atoms with E-state index in [-0.39, 0.29) is 10.8 Å². The van der Waals surface area contributed by atoms with Gasteiger partial charge in [-0.15, -0.1) is 0 Å². The molecular formula is C22H24N4O3S. The minimum absolute atomic E-state index is 0.276. The van der Waals surface area contributed by atoms with E-state index in [9.17, 15) is 13.2 Å². The van der Waals surface area contributed by atoms with Gasteiger partial charge >= 0.3 is 0 Å². The molecule has 1 fully saturated rings. The number of carbonyl (C=O) groups is 1. The number of hydrogen-bond donors (Lipinski definition) is 1. The summed E-state index contributed by atoms with van der Waals surface area (Å²) >= 11 is 0. The number of hydrogen-bond acceptors (Lipinski definition) is 4. The maximum Gasteiger partial charge on any atom is 0.272 e. The number of aromatic nitrogens is 2. The molecule has 1 amide bonds. The maximum absolute atomic E-state index is 12.6. The zero-order chi connectivity index (χ0) is 21.1. The summed E-state index contributed by atoms with van der Waals surface area (Å²) in [5.74, 6) is -0.276. The van der Waals surface area contributed by atoms with E-state index in [1.807, 2.05) is 37.3 Å². The standard InChI is InChI=1S/C22H24N4O3S/c1-17-15-21(24-26(17)19-7-3-2-4-8-19)22(27)23-16-18-9-11-20(12-10-18)30(28,29)25-13-5-6-14-25/h2-4,7-12,15H,5-6,13-14,16H2,1H3,(H,23,27). The first-order valence-electron chi connectivity index (χ1n) is 9.94. The quantitative estimate of drug-likeness (QED) is 0.659. The fourth-order valence-corrected chi connectivity index (χ4v) is 5.06. The van der Waals surface area contributed by atoms with E-state index < -0.39 is 10.0 Å². The lowest BCUT2D eigenvalue weighted by Crippen LogP contribution is -2.28. The van der Waals surface area contributed by atoms with Crippen molar-refractivity contribution in [1.82, 2.24) is 19.4 Å². The van der Waals surface area contributed by atoms with Crippen molar-refractivity contribution in [2.75, 3.05) is 13.1 Å².